The van der Waals surface area contributed by atoms with Crippen molar-refractivity contribution in [2.75, 3.05) is 7.11 Å². The second kappa shape index (κ2) is 6.27. The number of methoxy groups -OCH3 is 1. The van der Waals surface area contributed by atoms with Crippen molar-refractivity contribution in [1.29, 1.82) is 0 Å². The molecule has 0 aliphatic carbocycles. The van der Waals surface area contributed by atoms with E-state index in [-0.39, 0.29) is 0 Å². The maximum Gasteiger partial charge on any atom is 0.118 e. The highest BCUT2D eigenvalue weighted by Crippen LogP contribution is 2.34. The van der Waals surface area contributed by atoms with E-state index in [2.05, 4.69) is 22.0 Å². The van der Waals surface area contributed by atoms with Crippen LogP contribution < -0.4 is 10.5 Å². The third-order valence-electron chi connectivity index (χ3n) is 2.57. The molecule has 2 rings (SSSR count). The Morgan fingerprint density at radius 1 is 1.17 bits per heavy atom. The summed E-state index contributed by atoms with van der Waals surface area (Å²) in [5.74, 6) is 0.868. The lowest BCUT2D eigenvalue weighted by atomic mass is 10.2. The van der Waals surface area contributed by atoms with Gasteiger partial charge < -0.3 is 10.5 Å². The molecule has 4 heteroatoms. The summed E-state index contributed by atoms with van der Waals surface area (Å²) in [6.07, 6.45) is 0. The minimum atomic E-state index is 0.528. The molecule has 0 bridgehead atoms. The maximum atomic E-state index is 5.79. The van der Waals surface area contributed by atoms with Crippen molar-refractivity contribution in [2.45, 2.75) is 16.3 Å². The van der Waals surface area contributed by atoms with Crippen LogP contribution in [0.25, 0.3) is 0 Å². The molecule has 94 valence electrons. The quantitative estimate of drug-likeness (QED) is 0.921. The van der Waals surface area contributed by atoms with Gasteiger partial charge in [0.25, 0.3) is 0 Å². The fraction of sp³-hybridized carbons (Fsp3) is 0.143. The van der Waals surface area contributed by atoms with Crippen molar-refractivity contribution in [3.63, 3.8) is 0 Å². The van der Waals surface area contributed by atoms with Crippen molar-refractivity contribution in [2.24, 2.45) is 5.73 Å². The number of rotatable bonds is 4. The van der Waals surface area contributed by atoms with Crippen LogP contribution in [0.3, 0.4) is 0 Å². The van der Waals surface area contributed by atoms with E-state index in [0.717, 1.165) is 15.8 Å². The Hall–Kier alpha value is -0.970. The Kier molecular flexibility index (Phi) is 4.69. The molecule has 0 aromatic heterocycles. The van der Waals surface area contributed by atoms with Crippen LogP contribution in [0.4, 0.5) is 0 Å². The molecule has 0 saturated carbocycles. The fourth-order valence-electron chi connectivity index (χ4n) is 1.60. The third-order valence-corrected chi connectivity index (χ3v) is 4.42. The monoisotopic (exact) mass is 323 g/mol. The zero-order valence-electron chi connectivity index (χ0n) is 10.0. The van der Waals surface area contributed by atoms with Gasteiger partial charge in [-0.1, -0.05) is 33.8 Å². The first-order valence-corrected chi connectivity index (χ1v) is 7.15. The summed E-state index contributed by atoms with van der Waals surface area (Å²) in [6, 6.07) is 14.1. The summed E-state index contributed by atoms with van der Waals surface area (Å²) in [5, 5.41) is 0. The summed E-state index contributed by atoms with van der Waals surface area (Å²) in [6.45, 7) is 0.528. The largest absolute Gasteiger partial charge is 0.497 e. The van der Waals surface area contributed by atoms with Gasteiger partial charge >= 0.3 is 0 Å². The lowest BCUT2D eigenvalue weighted by Gasteiger charge is -2.09. The van der Waals surface area contributed by atoms with E-state index in [4.69, 9.17) is 10.5 Å². The zero-order valence-corrected chi connectivity index (χ0v) is 12.4. The zero-order chi connectivity index (χ0) is 13.0. The highest BCUT2D eigenvalue weighted by molar-refractivity contribution is 9.10. The Balaban J connectivity index is 2.25. The van der Waals surface area contributed by atoms with Crippen LogP contribution >= 0.6 is 27.7 Å². The number of halogens is 1. The van der Waals surface area contributed by atoms with Crippen LogP contribution in [0.2, 0.25) is 0 Å². The van der Waals surface area contributed by atoms with Crippen LogP contribution in [-0.2, 0) is 6.54 Å². The Bertz CT molecular complexity index is 528. The van der Waals surface area contributed by atoms with Gasteiger partial charge in [-0.3, -0.25) is 0 Å². The molecule has 0 heterocycles. The molecule has 2 aromatic rings. The molecule has 0 spiro atoms. The van der Waals surface area contributed by atoms with Crippen molar-refractivity contribution in [1.82, 2.24) is 0 Å². The fourth-order valence-corrected chi connectivity index (χ4v) is 3.25. The van der Waals surface area contributed by atoms with E-state index in [9.17, 15) is 0 Å². The van der Waals surface area contributed by atoms with Gasteiger partial charge in [-0.05, 0) is 42.0 Å². The van der Waals surface area contributed by atoms with E-state index in [1.807, 2.05) is 36.4 Å². The minimum Gasteiger partial charge on any atom is -0.497 e. The lowest BCUT2D eigenvalue weighted by molar-refractivity contribution is 0.414. The van der Waals surface area contributed by atoms with Gasteiger partial charge in [0.2, 0.25) is 0 Å². The predicted octanol–water partition coefficient (Wildman–Crippen LogP) is 4.07. The maximum absolute atomic E-state index is 5.79. The van der Waals surface area contributed by atoms with Gasteiger partial charge in [0, 0.05) is 20.8 Å². The molecule has 2 N–H and O–H groups in total. The molecule has 0 unspecified atom stereocenters. The van der Waals surface area contributed by atoms with Crippen molar-refractivity contribution >= 4 is 27.7 Å². The van der Waals surface area contributed by atoms with E-state index >= 15 is 0 Å². The smallest absolute Gasteiger partial charge is 0.118 e. The molecule has 18 heavy (non-hydrogen) atoms. The molecule has 0 aliphatic rings. The standard InChI is InChI=1S/C14H14BrNOS/c1-17-10-5-7-11(8-6-10)18-14-4-2-3-13(15)12(14)9-16/h2-8H,9,16H2,1H3. The van der Waals surface area contributed by atoms with Crippen molar-refractivity contribution in [3.8, 4) is 5.75 Å². The molecule has 0 amide bonds. The molecular weight excluding hydrogens is 310 g/mol. The van der Waals surface area contributed by atoms with E-state index in [1.54, 1.807) is 18.9 Å². The van der Waals surface area contributed by atoms with Gasteiger partial charge in [0.1, 0.15) is 5.75 Å². The highest BCUT2D eigenvalue weighted by atomic mass is 79.9. The number of nitrogens with two attached hydrogens (primary N) is 1. The Labute approximate surface area is 120 Å². The van der Waals surface area contributed by atoms with Gasteiger partial charge in [-0.25, -0.2) is 0 Å². The number of hydrogen-bond acceptors (Lipinski definition) is 3. The molecule has 0 saturated heterocycles. The average molecular weight is 324 g/mol. The first kappa shape index (κ1) is 13.5. The molecule has 2 aromatic carbocycles. The van der Waals surface area contributed by atoms with Gasteiger partial charge in [-0.2, -0.15) is 0 Å². The summed E-state index contributed by atoms with van der Waals surface area (Å²) < 4.78 is 6.21. The summed E-state index contributed by atoms with van der Waals surface area (Å²) in [5.41, 5.74) is 6.92. The number of ether oxygens (including phenoxy) is 1. The predicted molar refractivity (Wildman–Crippen MR) is 79.2 cm³/mol. The molecular formula is C14H14BrNOS. The van der Waals surface area contributed by atoms with E-state index in [1.165, 1.54) is 9.79 Å². The SMILES string of the molecule is COc1ccc(Sc2cccc(Br)c2CN)cc1. The van der Waals surface area contributed by atoms with Crippen LogP contribution in [0.5, 0.6) is 5.75 Å². The first-order valence-electron chi connectivity index (χ1n) is 5.54. The summed E-state index contributed by atoms with van der Waals surface area (Å²) in [4.78, 5) is 2.35. The minimum absolute atomic E-state index is 0.528. The van der Waals surface area contributed by atoms with Crippen LogP contribution in [-0.4, -0.2) is 7.11 Å². The molecule has 2 nitrogen and oxygen atoms in total. The van der Waals surface area contributed by atoms with Gasteiger partial charge in [0.15, 0.2) is 0 Å². The number of hydrogen-bond donors (Lipinski definition) is 1. The second-order valence-electron chi connectivity index (χ2n) is 3.70. The molecule has 0 radical (unpaired) electrons. The van der Waals surface area contributed by atoms with Crippen LogP contribution in [0.1, 0.15) is 5.56 Å². The van der Waals surface area contributed by atoms with E-state index in [0.29, 0.717) is 6.54 Å². The van der Waals surface area contributed by atoms with Crippen LogP contribution in [0.15, 0.2) is 56.7 Å². The van der Waals surface area contributed by atoms with Crippen LogP contribution in [0, 0.1) is 0 Å². The first-order chi connectivity index (χ1) is 8.74. The third kappa shape index (κ3) is 3.07. The Morgan fingerprint density at radius 3 is 2.50 bits per heavy atom. The average Bonchev–Trinajstić information content (AvgIpc) is 2.40. The Morgan fingerprint density at radius 2 is 1.89 bits per heavy atom. The van der Waals surface area contributed by atoms with Gasteiger partial charge in [0.05, 0.1) is 7.11 Å². The molecule has 0 aliphatic heterocycles. The van der Waals surface area contributed by atoms with E-state index < -0.39 is 0 Å². The summed E-state index contributed by atoms with van der Waals surface area (Å²) in [7, 11) is 1.67. The van der Waals surface area contributed by atoms with Gasteiger partial charge in [-0.15, -0.1) is 0 Å². The molecule has 0 atom stereocenters. The second-order valence-corrected chi connectivity index (χ2v) is 5.67. The summed E-state index contributed by atoms with van der Waals surface area (Å²) >= 11 is 5.24. The molecule has 0 fully saturated rings. The van der Waals surface area contributed by atoms with Crippen molar-refractivity contribution < 1.29 is 4.74 Å². The topological polar surface area (TPSA) is 35.2 Å². The van der Waals surface area contributed by atoms with Crippen molar-refractivity contribution in [3.05, 3.63) is 52.5 Å². The normalized spacial score (nSPS) is 10.4. The number of benzene rings is 2. The highest BCUT2D eigenvalue weighted by Gasteiger charge is 2.06. The lowest BCUT2D eigenvalue weighted by Crippen LogP contribution is -1.99.